The Kier molecular flexibility index (Phi) is 4.22. The lowest BCUT2D eigenvalue weighted by atomic mass is 10.00. The predicted octanol–water partition coefficient (Wildman–Crippen LogP) is 2.90. The molecule has 5 nitrogen and oxygen atoms in total. The van der Waals surface area contributed by atoms with Gasteiger partial charge in [-0.3, -0.25) is 4.79 Å². The Morgan fingerprint density at radius 1 is 1.29 bits per heavy atom. The van der Waals surface area contributed by atoms with Gasteiger partial charge >= 0.3 is 0 Å². The molecule has 1 aromatic heterocycles. The number of nitrogens with one attached hydrogen (secondary N) is 1. The minimum absolute atomic E-state index is 0.112. The third-order valence-corrected chi connectivity index (χ3v) is 4.85. The summed E-state index contributed by atoms with van der Waals surface area (Å²) < 4.78 is 1.55. The number of aromatic nitrogens is 2. The van der Waals surface area contributed by atoms with Gasteiger partial charge in [-0.1, -0.05) is 18.0 Å². The molecule has 1 aliphatic carbocycles. The van der Waals surface area contributed by atoms with Crippen LogP contribution in [0.1, 0.15) is 46.0 Å². The summed E-state index contributed by atoms with van der Waals surface area (Å²) in [5, 5.41) is 6.72. The molecule has 2 heterocycles. The molecule has 1 saturated heterocycles. The molecule has 1 saturated carbocycles. The van der Waals surface area contributed by atoms with E-state index in [0.29, 0.717) is 35.3 Å². The van der Waals surface area contributed by atoms with Crippen molar-refractivity contribution in [1.82, 2.24) is 14.8 Å². The van der Waals surface area contributed by atoms with Crippen molar-refractivity contribution >= 4 is 17.3 Å². The zero-order chi connectivity index (χ0) is 15.0. The molecule has 2 unspecified atom stereocenters. The van der Waals surface area contributed by atoms with Crippen molar-refractivity contribution in [3.63, 3.8) is 0 Å². The van der Waals surface area contributed by atoms with E-state index in [1.165, 1.54) is 19.3 Å². The zero-order valence-electron chi connectivity index (χ0n) is 12.7. The monoisotopic (exact) mass is 310 g/mol. The van der Waals surface area contributed by atoms with E-state index >= 15 is 0 Å². The lowest BCUT2D eigenvalue weighted by molar-refractivity contribution is 0.135. The summed E-state index contributed by atoms with van der Waals surface area (Å²) in [6.45, 7) is 5.07. The molecule has 3 rings (SSSR count). The summed E-state index contributed by atoms with van der Waals surface area (Å²) in [5.74, 6) is 0.608. The largest absolute Gasteiger partial charge is 0.312 e. The third-order valence-electron chi connectivity index (χ3n) is 4.56. The van der Waals surface area contributed by atoms with E-state index in [-0.39, 0.29) is 5.56 Å². The van der Waals surface area contributed by atoms with Gasteiger partial charge in [0.25, 0.3) is 5.56 Å². The molecule has 116 valence electrons. The second kappa shape index (κ2) is 5.97. The molecule has 1 aliphatic heterocycles. The first-order chi connectivity index (χ1) is 10.1. The number of hydrogen-bond acceptors (Lipinski definition) is 4. The Morgan fingerprint density at radius 3 is 2.57 bits per heavy atom. The first-order valence-corrected chi connectivity index (χ1v) is 8.24. The van der Waals surface area contributed by atoms with Gasteiger partial charge in [0.1, 0.15) is 5.69 Å². The summed E-state index contributed by atoms with van der Waals surface area (Å²) in [7, 11) is 0. The minimum atomic E-state index is -0.112. The van der Waals surface area contributed by atoms with Crippen LogP contribution in [0, 0.1) is 5.92 Å². The van der Waals surface area contributed by atoms with Crippen LogP contribution in [0.5, 0.6) is 0 Å². The lowest BCUT2D eigenvalue weighted by Gasteiger charge is -2.39. The maximum atomic E-state index is 12.6. The average molecular weight is 311 g/mol. The molecule has 2 aliphatic rings. The fourth-order valence-electron chi connectivity index (χ4n) is 3.02. The molecule has 2 fully saturated rings. The highest BCUT2D eigenvalue weighted by Gasteiger charge is 2.27. The third kappa shape index (κ3) is 3.24. The van der Waals surface area contributed by atoms with E-state index in [9.17, 15) is 4.79 Å². The first-order valence-electron chi connectivity index (χ1n) is 7.87. The van der Waals surface area contributed by atoms with Gasteiger partial charge in [-0.2, -0.15) is 5.10 Å². The lowest BCUT2D eigenvalue weighted by Crippen LogP contribution is -2.48. The fourth-order valence-corrected chi connectivity index (χ4v) is 3.18. The number of rotatable bonds is 4. The molecule has 2 atom stereocenters. The maximum absolute atomic E-state index is 12.6. The normalized spacial score (nSPS) is 26.8. The number of halogens is 1. The Bertz CT molecular complexity index is 559. The van der Waals surface area contributed by atoms with Gasteiger partial charge < -0.3 is 5.43 Å². The molecular formula is C15H23ClN4O. The van der Waals surface area contributed by atoms with Gasteiger partial charge in [-0.05, 0) is 45.4 Å². The number of hydrogen-bond donors (Lipinski definition) is 1. The van der Waals surface area contributed by atoms with Gasteiger partial charge in [0.15, 0.2) is 0 Å². The number of nitrogens with zero attached hydrogens (tertiary/aromatic N) is 3. The SMILES string of the molecule is CC1CCCC(C)N1Nc1c(Cl)cnn(CC2CC2)c1=O. The molecule has 0 aromatic carbocycles. The highest BCUT2D eigenvalue weighted by molar-refractivity contribution is 6.32. The van der Waals surface area contributed by atoms with Crippen molar-refractivity contribution in [2.45, 2.75) is 64.6 Å². The van der Waals surface area contributed by atoms with Gasteiger partial charge in [0, 0.05) is 18.6 Å². The average Bonchev–Trinajstić information content (AvgIpc) is 3.25. The summed E-state index contributed by atoms with van der Waals surface area (Å²) in [6, 6.07) is 0.795. The van der Waals surface area contributed by atoms with Gasteiger partial charge in [0.2, 0.25) is 0 Å². The van der Waals surface area contributed by atoms with Crippen molar-refractivity contribution in [3.05, 3.63) is 21.6 Å². The van der Waals surface area contributed by atoms with Crippen LogP contribution in [-0.4, -0.2) is 26.9 Å². The second-order valence-electron chi connectivity index (χ2n) is 6.45. The van der Waals surface area contributed by atoms with Crippen LogP contribution in [0.4, 0.5) is 5.69 Å². The highest BCUT2D eigenvalue weighted by Crippen LogP contribution is 2.30. The van der Waals surface area contributed by atoms with Gasteiger partial charge in [-0.15, -0.1) is 0 Å². The Hall–Kier alpha value is -1.07. The second-order valence-corrected chi connectivity index (χ2v) is 6.85. The summed E-state index contributed by atoms with van der Waals surface area (Å²) in [5.41, 5.74) is 3.63. The molecule has 0 amide bonds. The maximum Gasteiger partial charge on any atom is 0.292 e. The topological polar surface area (TPSA) is 50.2 Å². The molecular weight excluding hydrogens is 288 g/mol. The Morgan fingerprint density at radius 2 is 1.95 bits per heavy atom. The highest BCUT2D eigenvalue weighted by atomic mass is 35.5. The number of hydrazine groups is 1. The van der Waals surface area contributed by atoms with E-state index in [1.807, 2.05) is 0 Å². The smallest absolute Gasteiger partial charge is 0.292 e. The quantitative estimate of drug-likeness (QED) is 0.929. The molecule has 21 heavy (non-hydrogen) atoms. The van der Waals surface area contributed by atoms with Crippen molar-refractivity contribution in [2.75, 3.05) is 5.43 Å². The molecule has 1 N–H and O–H groups in total. The van der Waals surface area contributed by atoms with E-state index in [4.69, 9.17) is 11.6 Å². The number of piperidine rings is 1. The van der Waals surface area contributed by atoms with Crippen LogP contribution in [0.25, 0.3) is 0 Å². The van der Waals surface area contributed by atoms with Gasteiger partial charge in [-0.25, -0.2) is 9.69 Å². The zero-order valence-corrected chi connectivity index (χ0v) is 13.4. The standard InChI is InChI=1S/C15H23ClN4O/c1-10-4-3-5-11(2)20(10)18-14-13(16)8-17-19(15(14)21)9-12-6-7-12/h8,10-12,18H,3-7,9H2,1-2H3. The van der Waals surface area contributed by atoms with Gasteiger partial charge in [0.05, 0.1) is 11.2 Å². The fraction of sp³-hybridized carbons (Fsp3) is 0.733. The van der Waals surface area contributed by atoms with Crippen LogP contribution in [0.15, 0.2) is 11.0 Å². The van der Waals surface area contributed by atoms with Crippen molar-refractivity contribution in [1.29, 1.82) is 0 Å². The van der Waals surface area contributed by atoms with Crippen LogP contribution in [0.3, 0.4) is 0 Å². The van der Waals surface area contributed by atoms with Crippen LogP contribution in [-0.2, 0) is 6.54 Å². The van der Waals surface area contributed by atoms with E-state index in [1.54, 1.807) is 10.9 Å². The summed E-state index contributed by atoms with van der Waals surface area (Å²) in [6.07, 6.45) is 7.47. The van der Waals surface area contributed by atoms with Crippen LogP contribution >= 0.6 is 11.6 Å². The van der Waals surface area contributed by atoms with Crippen molar-refractivity contribution in [3.8, 4) is 0 Å². The minimum Gasteiger partial charge on any atom is -0.312 e. The Balaban J connectivity index is 1.84. The molecule has 0 radical (unpaired) electrons. The van der Waals surface area contributed by atoms with Crippen LogP contribution in [0.2, 0.25) is 5.02 Å². The Labute approximate surface area is 130 Å². The number of anilines is 1. The molecule has 0 spiro atoms. The van der Waals surface area contributed by atoms with Crippen molar-refractivity contribution in [2.24, 2.45) is 5.92 Å². The van der Waals surface area contributed by atoms with Crippen molar-refractivity contribution < 1.29 is 0 Å². The molecule has 0 bridgehead atoms. The van der Waals surface area contributed by atoms with E-state index < -0.39 is 0 Å². The first kappa shape index (κ1) is 14.9. The predicted molar refractivity (Wildman–Crippen MR) is 84.5 cm³/mol. The summed E-state index contributed by atoms with van der Waals surface area (Å²) >= 11 is 6.20. The van der Waals surface area contributed by atoms with E-state index in [2.05, 4.69) is 29.4 Å². The van der Waals surface area contributed by atoms with Crippen LogP contribution < -0.4 is 11.0 Å². The molecule has 6 heteroatoms. The summed E-state index contributed by atoms with van der Waals surface area (Å²) in [4.78, 5) is 12.6. The van der Waals surface area contributed by atoms with E-state index in [0.717, 1.165) is 12.8 Å². The molecule has 1 aromatic rings.